The number of hydrogen-bond donors (Lipinski definition) is 0. The Hall–Kier alpha value is -1.29. The highest BCUT2D eigenvalue weighted by Crippen LogP contribution is 2.45. The minimum atomic E-state index is -0.631. The lowest BCUT2D eigenvalue weighted by atomic mass is 10.2. The van der Waals surface area contributed by atoms with Crippen LogP contribution < -0.4 is 0 Å². The zero-order chi connectivity index (χ0) is 18.5. The summed E-state index contributed by atoms with van der Waals surface area (Å²) in [5, 5.41) is 9.49. The second-order valence-electron chi connectivity index (χ2n) is 7.29. The number of aryl methyl sites for hydroxylation is 1. The maximum atomic E-state index is 6.18. The van der Waals surface area contributed by atoms with Crippen molar-refractivity contribution < 1.29 is 14.2 Å². The molecule has 142 valence electrons. The van der Waals surface area contributed by atoms with Gasteiger partial charge in [-0.25, -0.2) is 14.6 Å². The van der Waals surface area contributed by atoms with Gasteiger partial charge in [0.15, 0.2) is 22.1 Å². The molecule has 1 aliphatic heterocycles. The second kappa shape index (κ2) is 6.70. The van der Waals surface area contributed by atoms with E-state index < -0.39 is 5.79 Å². The summed E-state index contributed by atoms with van der Waals surface area (Å²) in [6.45, 7) is 7.96. The van der Waals surface area contributed by atoms with Gasteiger partial charge in [-0.3, -0.25) is 0 Å². The van der Waals surface area contributed by atoms with Gasteiger partial charge in [0, 0.05) is 19.3 Å². The first-order valence-corrected chi connectivity index (χ1v) is 10.0. The van der Waals surface area contributed by atoms with Crippen molar-refractivity contribution in [1.29, 1.82) is 0 Å². The summed E-state index contributed by atoms with van der Waals surface area (Å²) in [7, 11) is 1.71. The second-order valence-corrected chi connectivity index (χ2v) is 8.35. The van der Waals surface area contributed by atoms with Gasteiger partial charge in [-0.05, 0) is 27.2 Å². The van der Waals surface area contributed by atoms with E-state index in [1.54, 1.807) is 18.9 Å². The largest absolute Gasteiger partial charge is 0.379 e. The third-order valence-electron chi connectivity index (χ3n) is 4.91. The minimum Gasteiger partial charge on any atom is -0.379 e. The normalized spacial score (nSPS) is 30.2. The highest BCUT2D eigenvalue weighted by atomic mass is 32.2. The number of rotatable bonds is 5. The van der Waals surface area contributed by atoms with Crippen LogP contribution in [0.4, 0.5) is 0 Å². The highest BCUT2D eigenvalue weighted by molar-refractivity contribution is 7.99. The lowest BCUT2D eigenvalue weighted by molar-refractivity contribution is -0.168. The maximum Gasteiger partial charge on any atom is 0.189 e. The molecule has 1 saturated heterocycles. The van der Waals surface area contributed by atoms with Gasteiger partial charge < -0.3 is 14.2 Å². The van der Waals surface area contributed by atoms with E-state index in [-0.39, 0.29) is 24.4 Å². The van der Waals surface area contributed by atoms with Crippen molar-refractivity contribution >= 4 is 22.9 Å². The van der Waals surface area contributed by atoms with Crippen molar-refractivity contribution in [2.24, 2.45) is 0 Å². The molecular formula is C17H25N5O3S. The van der Waals surface area contributed by atoms with E-state index >= 15 is 0 Å². The molecule has 26 heavy (non-hydrogen) atoms. The lowest BCUT2D eigenvalue weighted by Crippen LogP contribution is -2.30. The van der Waals surface area contributed by atoms with E-state index in [9.17, 15) is 0 Å². The van der Waals surface area contributed by atoms with Crippen LogP contribution in [-0.2, 0) is 14.2 Å². The Balaban J connectivity index is 1.73. The first-order valence-electron chi connectivity index (χ1n) is 9.04. The summed E-state index contributed by atoms with van der Waals surface area (Å²) in [5.41, 5.74) is 2.34. The molecule has 2 aromatic rings. The van der Waals surface area contributed by atoms with Crippen molar-refractivity contribution in [2.75, 3.05) is 12.9 Å². The van der Waals surface area contributed by atoms with Crippen molar-refractivity contribution in [2.45, 2.75) is 75.8 Å². The molecular weight excluding hydrogens is 354 g/mol. The molecule has 2 fully saturated rings. The van der Waals surface area contributed by atoms with Gasteiger partial charge in [0.2, 0.25) is 0 Å². The summed E-state index contributed by atoms with van der Waals surface area (Å²) >= 11 is 1.66. The van der Waals surface area contributed by atoms with E-state index in [0.717, 1.165) is 40.6 Å². The highest BCUT2D eigenvalue weighted by Gasteiger charge is 2.55. The van der Waals surface area contributed by atoms with Crippen LogP contribution in [0.3, 0.4) is 0 Å². The molecule has 0 aromatic carbocycles. The summed E-state index contributed by atoms with van der Waals surface area (Å²) in [6, 6.07) is -0.0324. The van der Waals surface area contributed by atoms with E-state index in [4.69, 9.17) is 19.2 Å². The van der Waals surface area contributed by atoms with Crippen molar-refractivity contribution in [3.63, 3.8) is 0 Å². The fourth-order valence-corrected chi connectivity index (χ4v) is 4.54. The van der Waals surface area contributed by atoms with Gasteiger partial charge in [0.05, 0.1) is 17.8 Å². The number of methoxy groups -OCH3 is 1. The fourth-order valence-electron chi connectivity index (χ4n) is 3.80. The maximum absolute atomic E-state index is 6.18. The Kier molecular flexibility index (Phi) is 4.66. The van der Waals surface area contributed by atoms with Crippen LogP contribution in [0.15, 0.2) is 5.16 Å². The van der Waals surface area contributed by atoms with Crippen LogP contribution in [0.1, 0.15) is 45.3 Å². The quantitative estimate of drug-likeness (QED) is 0.579. The smallest absolute Gasteiger partial charge is 0.189 e. The van der Waals surface area contributed by atoms with Crippen LogP contribution >= 0.6 is 11.8 Å². The molecule has 2 aromatic heterocycles. The molecule has 0 spiro atoms. The van der Waals surface area contributed by atoms with Crippen LogP contribution in [0, 0.1) is 6.92 Å². The molecule has 0 radical (unpaired) electrons. The molecule has 1 saturated carbocycles. The number of hydrogen-bond acceptors (Lipinski definition) is 8. The predicted octanol–water partition coefficient (Wildman–Crippen LogP) is 2.51. The number of fused-ring (bicyclic) bond motifs is 2. The summed E-state index contributed by atoms with van der Waals surface area (Å²) < 4.78 is 19.8. The Bertz CT molecular complexity index is 811. The topological polar surface area (TPSA) is 84.2 Å². The molecule has 0 unspecified atom stereocenters. The van der Waals surface area contributed by atoms with Gasteiger partial charge in [0.1, 0.15) is 12.2 Å². The van der Waals surface area contributed by atoms with Gasteiger partial charge in [-0.15, -0.1) is 5.10 Å². The Labute approximate surface area is 157 Å². The molecule has 0 bridgehead atoms. The van der Waals surface area contributed by atoms with Crippen LogP contribution in [0.25, 0.3) is 11.2 Å². The number of aromatic nitrogens is 5. The Morgan fingerprint density at radius 3 is 2.77 bits per heavy atom. The van der Waals surface area contributed by atoms with Gasteiger partial charge >= 0.3 is 0 Å². The molecule has 3 heterocycles. The van der Waals surface area contributed by atoms with Gasteiger partial charge in [-0.1, -0.05) is 23.9 Å². The third kappa shape index (κ3) is 3.00. The van der Waals surface area contributed by atoms with E-state index in [1.807, 2.05) is 25.5 Å². The van der Waals surface area contributed by atoms with Crippen LogP contribution in [-0.4, -0.2) is 61.9 Å². The van der Waals surface area contributed by atoms with Crippen LogP contribution in [0.5, 0.6) is 0 Å². The van der Waals surface area contributed by atoms with Crippen molar-refractivity contribution in [3.8, 4) is 0 Å². The number of thioether (sulfide) groups is 1. The molecule has 2 aliphatic rings. The summed E-state index contributed by atoms with van der Waals surface area (Å²) in [6.07, 6.45) is 1.53. The van der Waals surface area contributed by atoms with Gasteiger partial charge in [0.25, 0.3) is 0 Å². The minimum absolute atomic E-state index is 0.0324. The van der Waals surface area contributed by atoms with Crippen LogP contribution in [0.2, 0.25) is 0 Å². The first-order chi connectivity index (χ1) is 12.4. The van der Waals surface area contributed by atoms with E-state index in [1.165, 1.54) is 0 Å². The van der Waals surface area contributed by atoms with Crippen molar-refractivity contribution in [1.82, 2.24) is 25.0 Å². The SMILES string of the molecule is CCCSc1nc(C)c2nnn([C@@H]3C[C@H](OC)[C@H]4OC(C)(C)O[C@H]43)c2n1. The van der Waals surface area contributed by atoms with E-state index in [0.29, 0.717) is 0 Å². The average molecular weight is 379 g/mol. The summed E-state index contributed by atoms with van der Waals surface area (Å²) in [4.78, 5) is 9.29. The zero-order valence-corrected chi connectivity index (χ0v) is 16.6. The zero-order valence-electron chi connectivity index (χ0n) is 15.8. The molecule has 0 N–H and O–H groups in total. The number of ether oxygens (including phenoxy) is 3. The number of nitrogens with zero attached hydrogens (tertiary/aromatic N) is 5. The van der Waals surface area contributed by atoms with E-state index in [2.05, 4.69) is 22.2 Å². The standard InChI is InChI=1S/C17H25N5O3S/c1-6-7-26-16-18-9(2)12-15(19-16)22(21-20-12)10-8-11(23-5)14-13(10)24-17(3,4)25-14/h10-11,13-14H,6-8H2,1-5H3/t10-,11+,13+,14-/m1/s1. The molecule has 4 rings (SSSR count). The molecule has 4 atom stereocenters. The Morgan fingerprint density at radius 1 is 1.27 bits per heavy atom. The third-order valence-corrected chi connectivity index (χ3v) is 5.97. The summed E-state index contributed by atoms with van der Waals surface area (Å²) in [5.74, 6) is 0.353. The predicted molar refractivity (Wildman–Crippen MR) is 97.1 cm³/mol. The average Bonchev–Trinajstić information content (AvgIpc) is 3.23. The first kappa shape index (κ1) is 18.1. The molecule has 1 aliphatic carbocycles. The molecule has 0 amide bonds. The lowest BCUT2D eigenvalue weighted by Gasteiger charge is -2.23. The monoisotopic (exact) mass is 379 g/mol. The fraction of sp³-hybridized carbons (Fsp3) is 0.765. The Morgan fingerprint density at radius 2 is 2.04 bits per heavy atom. The molecule has 8 nitrogen and oxygen atoms in total. The van der Waals surface area contributed by atoms with Crippen molar-refractivity contribution in [3.05, 3.63) is 5.69 Å². The van der Waals surface area contributed by atoms with Gasteiger partial charge in [-0.2, -0.15) is 0 Å². The molecule has 9 heteroatoms.